The first-order valence-corrected chi connectivity index (χ1v) is 6.56. The molecule has 0 aromatic heterocycles. The summed E-state index contributed by atoms with van der Waals surface area (Å²) in [6.07, 6.45) is -3.86. The van der Waals surface area contributed by atoms with Gasteiger partial charge in [0.2, 0.25) is 0 Å². The predicted molar refractivity (Wildman–Crippen MR) is 66.6 cm³/mol. The van der Waals surface area contributed by atoms with Gasteiger partial charge in [-0.2, -0.15) is 13.2 Å². The van der Waals surface area contributed by atoms with Gasteiger partial charge in [0.05, 0.1) is 5.56 Å². The molecule has 0 aliphatic carbocycles. The van der Waals surface area contributed by atoms with Crippen molar-refractivity contribution in [3.8, 4) is 0 Å². The predicted octanol–water partition coefficient (Wildman–Crippen LogP) is 2.90. The first-order chi connectivity index (χ1) is 8.49. The number of benzene rings is 1. The number of hydrogen-bond donors (Lipinski definition) is 2. The molecule has 0 atom stereocenters. The van der Waals surface area contributed by atoms with Crippen LogP contribution < -0.4 is 5.32 Å². The van der Waals surface area contributed by atoms with Crippen LogP contribution in [-0.2, 0) is 12.7 Å². The summed E-state index contributed by atoms with van der Waals surface area (Å²) < 4.78 is 38.7. The van der Waals surface area contributed by atoms with E-state index < -0.39 is 11.7 Å². The lowest BCUT2D eigenvalue weighted by molar-refractivity contribution is -0.139. The molecule has 6 heteroatoms. The van der Waals surface area contributed by atoms with E-state index in [0.717, 1.165) is 11.8 Å². The molecule has 0 fully saturated rings. The Hall–Kier alpha value is -0.720. The largest absolute Gasteiger partial charge is 0.417 e. The molecular formula is C12H16F3NOS. The van der Waals surface area contributed by atoms with Crippen LogP contribution in [0.15, 0.2) is 23.1 Å². The van der Waals surface area contributed by atoms with Crippen LogP contribution in [0.2, 0.25) is 0 Å². The number of alkyl halides is 3. The van der Waals surface area contributed by atoms with E-state index in [1.165, 1.54) is 12.1 Å². The molecule has 0 amide bonds. The number of hydrogen-bond acceptors (Lipinski definition) is 3. The molecule has 2 N–H and O–H groups in total. The third kappa shape index (κ3) is 4.51. The van der Waals surface area contributed by atoms with Crippen LogP contribution in [0.4, 0.5) is 13.2 Å². The van der Waals surface area contributed by atoms with E-state index in [0.29, 0.717) is 24.3 Å². The van der Waals surface area contributed by atoms with Crippen molar-refractivity contribution in [3.05, 3.63) is 29.3 Å². The molecule has 0 radical (unpaired) electrons. The maximum atomic E-state index is 12.9. The monoisotopic (exact) mass is 279 g/mol. The van der Waals surface area contributed by atoms with E-state index in [1.807, 2.05) is 0 Å². The van der Waals surface area contributed by atoms with E-state index >= 15 is 0 Å². The maximum Gasteiger partial charge on any atom is 0.417 e. The van der Waals surface area contributed by atoms with Crippen molar-refractivity contribution in [2.45, 2.75) is 24.0 Å². The smallest absolute Gasteiger partial charge is 0.396 e. The molecule has 2 nitrogen and oxygen atoms in total. The van der Waals surface area contributed by atoms with E-state index in [9.17, 15) is 13.2 Å². The molecule has 1 aromatic rings. The minimum absolute atomic E-state index is 0.00775. The van der Waals surface area contributed by atoms with Gasteiger partial charge < -0.3 is 10.4 Å². The maximum absolute atomic E-state index is 12.9. The lowest BCUT2D eigenvalue weighted by Crippen LogP contribution is -2.10. The Morgan fingerprint density at radius 2 is 2.06 bits per heavy atom. The minimum atomic E-state index is -4.34. The zero-order valence-electron chi connectivity index (χ0n) is 10.0. The zero-order chi connectivity index (χ0) is 13.6. The van der Waals surface area contributed by atoms with Crippen molar-refractivity contribution >= 4 is 11.8 Å². The van der Waals surface area contributed by atoms with Gasteiger partial charge in [-0.1, -0.05) is 6.07 Å². The Morgan fingerprint density at radius 1 is 1.33 bits per heavy atom. The highest BCUT2D eigenvalue weighted by Gasteiger charge is 2.33. The van der Waals surface area contributed by atoms with Crippen molar-refractivity contribution < 1.29 is 18.3 Å². The van der Waals surface area contributed by atoms with Gasteiger partial charge in [0.25, 0.3) is 0 Å². The molecule has 0 bridgehead atoms. The number of nitrogens with one attached hydrogen (secondary N) is 1. The molecule has 0 aliphatic heterocycles. The number of aliphatic hydroxyl groups excluding tert-OH is 1. The molecule has 0 saturated heterocycles. The summed E-state index contributed by atoms with van der Waals surface area (Å²) >= 11 is 1.12. The van der Waals surface area contributed by atoms with Crippen molar-refractivity contribution in [2.75, 3.05) is 19.4 Å². The Bertz CT molecular complexity index is 382. The van der Waals surface area contributed by atoms with E-state index in [2.05, 4.69) is 5.32 Å². The summed E-state index contributed by atoms with van der Waals surface area (Å²) in [6.45, 7) is 0.400. The summed E-state index contributed by atoms with van der Waals surface area (Å²) in [5, 5.41) is 11.5. The van der Waals surface area contributed by atoms with Crippen LogP contribution in [0.5, 0.6) is 0 Å². The molecule has 0 aliphatic rings. The minimum Gasteiger partial charge on any atom is -0.396 e. The first kappa shape index (κ1) is 15.3. The average molecular weight is 279 g/mol. The van der Waals surface area contributed by atoms with Gasteiger partial charge in [-0.3, -0.25) is 0 Å². The lowest BCUT2D eigenvalue weighted by atomic mass is 10.1. The molecule has 1 aromatic carbocycles. The summed E-state index contributed by atoms with van der Waals surface area (Å²) in [5.74, 6) is 0.477. The first-order valence-electron chi connectivity index (χ1n) is 5.57. The summed E-state index contributed by atoms with van der Waals surface area (Å²) in [7, 11) is 1.69. The summed E-state index contributed by atoms with van der Waals surface area (Å²) in [4.78, 5) is 0.218. The van der Waals surface area contributed by atoms with Gasteiger partial charge in [0, 0.05) is 23.8 Å². The van der Waals surface area contributed by atoms with Crippen LogP contribution in [0.1, 0.15) is 17.5 Å². The quantitative estimate of drug-likeness (QED) is 0.620. The third-order valence-corrected chi connectivity index (χ3v) is 3.45. The van der Waals surface area contributed by atoms with Crippen molar-refractivity contribution in [2.24, 2.45) is 0 Å². The number of rotatable bonds is 6. The summed E-state index contributed by atoms with van der Waals surface area (Å²) in [6, 6.07) is 4.36. The van der Waals surface area contributed by atoms with Gasteiger partial charge in [-0.05, 0) is 31.2 Å². The number of aliphatic hydroxyl groups is 1. The molecule has 0 saturated carbocycles. The SMILES string of the molecule is CNCc1ccc(SCCCO)c(C(F)(F)F)c1. The highest BCUT2D eigenvalue weighted by molar-refractivity contribution is 7.99. The van der Waals surface area contributed by atoms with Gasteiger partial charge in [-0.25, -0.2) is 0 Å². The lowest BCUT2D eigenvalue weighted by Gasteiger charge is -2.14. The van der Waals surface area contributed by atoms with Crippen molar-refractivity contribution in [1.29, 1.82) is 0 Å². The normalized spacial score (nSPS) is 11.8. The van der Waals surface area contributed by atoms with Gasteiger partial charge >= 0.3 is 6.18 Å². The molecule has 18 heavy (non-hydrogen) atoms. The number of halogens is 3. The second kappa shape index (κ2) is 7.01. The standard InChI is InChI=1S/C12H16F3NOS/c1-16-8-9-3-4-11(18-6-2-5-17)10(7-9)12(13,14)15/h3-4,7,16-17H,2,5-6,8H2,1H3. The Morgan fingerprint density at radius 3 is 2.61 bits per heavy atom. The fourth-order valence-corrected chi connectivity index (χ4v) is 2.47. The Labute approximate surface area is 109 Å². The van der Waals surface area contributed by atoms with Gasteiger partial charge in [-0.15, -0.1) is 11.8 Å². The molecule has 102 valence electrons. The third-order valence-electron chi connectivity index (χ3n) is 2.29. The molecule has 0 heterocycles. The second-order valence-electron chi connectivity index (χ2n) is 3.78. The van der Waals surface area contributed by atoms with Crippen LogP contribution >= 0.6 is 11.8 Å². The van der Waals surface area contributed by atoms with Gasteiger partial charge in [0.15, 0.2) is 0 Å². The van der Waals surface area contributed by atoms with Crippen LogP contribution in [-0.4, -0.2) is 24.5 Å². The van der Waals surface area contributed by atoms with Crippen LogP contribution in [0.3, 0.4) is 0 Å². The second-order valence-corrected chi connectivity index (χ2v) is 4.92. The molecule has 1 rings (SSSR count). The van der Waals surface area contributed by atoms with Crippen LogP contribution in [0, 0.1) is 0 Å². The highest BCUT2D eigenvalue weighted by atomic mass is 32.2. The van der Waals surface area contributed by atoms with Crippen molar-refractivity contribution in [3.63, 3.8) is 0 Å². The highest BCUT2D eigenvalue weighted by Crippen LogP contribution is 2.37. The van der Waals surface area contributed by atoms with E-state index in [1.54, 1.807) is 13.1 Å². The average Bonchev–Trinajstić information content (AvgIpc) is 2.30. The number of thioether (sulfide) groups is 1. The van der Waals surface area contributed by atoms with Crippen molar-refractivity contribution in [1.82, 2.24) is 5.32 Å². The fourth-order valence-electron chi connectivity index (χ4n) is 1.49. The van der Waals surface area contributed by atoms with E-state index in [-0.39, 0.29) is 11.5 Å². The fraction of sp³-hybridized carbons (Fsp3) is 0.500. The molecular weight excluding hydrogens is 263 g/mol. The van der Waals surface area contributed by atoms with Gasteiger partial charge in [0.1, 0.15) is 0 Å². The summed E-state index contributed by atoms with van der Waals surface area (Å²) in [5.41, 5.74) is 0.00882. The zero-order valence-corrected chi connectivity index (χ0v) is 10.9. The van der Waals surface area contributed by atoms with Crippen LogP contribution in [0.25, 0.3) is 0 Å². The topological polar surface area (TPSA) is 32.3 Å². The Kier molecular flexibility index (Phi) is 5.98. The molecule has 0 spiro atoms. The Balaban J connectivity index is 2.94. The van der Waals surface area contributed by atoms with E-state index in [4.69, 9.17) is 5.11 Å². The molecule has 0 unspecified atom stereocenters.